The number of pyridine rings is 1. The van der Waals surface area contributed by atoms with Gasteiger partial charge >= 0.3 is 0 Å². The number of nitrogens with one attached hydrogen (secondary N) is 1. The standard InChI is InChI=1S/C15H25N3/c1-4-5-8-18(3)15-9-12(2)16-10-13(15)11-17-14-6-7-14/h9-10,14,17H,4-8,11H2,1-3H3. The van der Waals surface area contributed by atoms with Crippen LogP contribution < -0.4 is 10.2 Å². The minimum absolute atomic E-state index is 0.750. The van der Waals surface area contributed by atoms with Gasteiger partial charge in [0.15, 0.2) is 0 Å². The molecule has 0 spiro atoms. The van der Waals surface area contributed by atoms with E-state index in [0.29, 0.717) is 0 Å². The van der Waals surface area contributed by atoms with Gasteiger partial charge in [-0.1, -0.05) is 13.3 Å². The molecule has 1 saturated carbocycles. The molecule has 1 fully saturated rings. The third kappa shape index (κ3) is 3.70. The van der Waals surface area contributed by atoms with Gasteiger partial charge < -0.3 is 10.2 Å². The van der Waals surface area contributed by atoms with Gasteiger partial charge in [-0.05, 0) is 32.3 Å². The zero-order valence-corrected chi connectivity index (χ0v) is 11.9. The lowest BCUT2D eigenvalue weighted by molar-refractivity contribution is 0.680. The van der Waals surface area contributed by atoms with Crippen LogP contribution in [0.15, 0.2) is 12.3 Å². The molecule has 3 heteroatoms. The van der Waals surface area contributed by atoms with Gasteiger partial charge in [0.25, 0.3) is 0 Å². The van der Waals surface area contributed by atoms with Gasteiger partial charge in [-0.15, -0.1) is 0 Å². The predicted molar refractivity (Wildman–Crippen MR) is 77.0 cm³/mol. The summed E-state index contributed by atoms with van der Waals surface area (Å²) in [4.78, 5) is 6.80. The lowest BCUT2D eigenvalue weighted by Gasteiger charge is -2.22. The number of nitrogens with zero attached hydrogens (tertiary/aromatic N) is 2. The number of hydrogen-bond donors (Lipinski definition) is 1. The highest BCUT2D eigenvalue weighted by molar-refractivity contribution is 5.53. The van der Waals surface area contributed by atoms with Crippen LogP contribution in [0, 0.1) is 6.92 Å². The van der Waals surface area contributed by atoms with Crippen molar-refractivity contribution in [2.45, 2.75) is 52.1 Å². The normalized spacial score (nSPS) is 14.8. The maximum absolute atomic E-state index is 4.43. The zero-order chi connectivity index (χ0) is 13.0. The Hall–Kier alpha value is -1.09. The Kier molecular flexibility index (Phi) is 4.59. The number of rotatable bonds is 7. The minimum Gasteiger partial charge on any atom is -0.374 e. The fraction of sp³-hybridized carbons (Fsp3) is 0.667. The lowest BCUT2D eigenvalue weighted by atomic mass is 10.1. The summed E-state index contributed by atoms with van der Waals surface area (Å²) in [5.41, 5.74) is 3.76. The monoisotopic (exact) mass is 247 g/mol. The van der Waals surface area contributed by atoms with Crippen molar-refractivity contribution >= 4 is 5.69 Å². The molecule has 2 rings (SSSR count). The molecule has 1 N–H and O–H groups in total. The molecule has 18 heavy (non-hydrogen) atoms. The molecule has 1 aliphatic carbocycles. The Morgan fingerprint density at radius 1 is 1.44 bits per heavy atom. The summed E-state index contributed by atoms with van der Waals surface area (Å²) in [5.74, 6) is 0. The van der Waals surface area contributed by atoms with Crippen molar-refractivity contribution in [3.63, 3.8) is 0 Å². The summed E-state index contributed by atoms with van der Waals surface area (Å²) in [7, 11) is 2.19. The van der Waals surface area contributed by atoms with Crippen molar-refractivity contribution < 1.29 is 0 Å². The molecule has 0 atom stereocenters. The number of aryl methyl sites for hydroxylation is 1. The number of anilines is 1. The van der Waals surface area contributed by atoms with Crippen LogP contribution >= 0.6 is 0 Å². The highest BCUT2D eigenvalue weighted by Crippen LogP contribution is 2.23. The van der Waals surface area contributed by atoms with E-state index in [9.17, 15) is 0 Å². The van der Waals surface area contributed by atoms with Crippen molar-refractivity contribution in [2.24, 2.45) is 0 Å². The molecule has 1 aliphatic rings. The van der Waals surface area contributed by atoms with Crippen molar-refractivity contribution in [1.29, 1.82) is 0 Å². The molecular formula is C15H25N3. The van der Waals surface area contributed by atoms with Crippen LogP contribution in [0.3, 0.4) is 0 Å². The lowest BCUT2D eigenvalue weighted by Crippen LogP contribution is -2.23. The van der Waals surface area contributed by atoms with E-state index in [4.69, 9.17) is 0 Å². The van der Waals surface area contributed by atoms with Gasteiger partial charge in [0.2, 0.25) is 0 Å². The first-order valence-electron chi connectivity index (χ1n) is 7.10. The Labute approximate surface area is 111 Å². The maximum Gasteiger partial charge on any atom is 0.0442 e. The molecule has 0 aliphatic heterocycles. The average molecular weight is 247 g/mol. The highest BCUT2D eigenvalue weighted by Gasteiger charge is 2.20. The maximum atomic E-state index is 4.43. The van der Waals surface area contributed by atoms with E-state index in [1.54, 1.807) is 0 Å². The summed E-state index contributed by atoms with van der Waals surface area (Å²) >= 11 is 0. The summed E-state index contributed by atoms with van der Waals surface area (Å²) in [6, 6.07) is 2.96. The van der Waals surface area contributed by atoms with Crippen molar-refractivity contribution in [2.75, 3.05) is 18.5 Å². The number of hydrogen-bond acceptors (Lipinski definition) is 3. The van der Waals surface area contributed by atoms with Crippen LogP contribution in [-0.4, -0.2) is 24.6 Å². The molecule has 1 aromatic rings. The van der Waals surface area contributed by atoms with Gasteiger partial charge in [0.05, 0.1) is 0 Å². The second-order valence-electron chi connectivity index (χ2n) is 5.38. The third-order valence-electron chi connectivity index (χ3n) is 3.52. The van der Waals surface area contributed by atoms with Crippen LogP contribution in [0.2, 0.25) is 0 Å². The van der Waals surface area contributed by atoms with E-state index in [-0.39, 0.29) is 0 Å². The van der Waals surface area contributed by atoms with Crippen molar-refractivity contribution in [3.05, 3.63) is 23.5 Å². The van der Waals surface area contributed by atoms with Crippen molar-refractivity contribution in [3.8, 4) is 0 Å². The third-order valence-corrected chi connectivity index (χ3v) is 3.52. The molecule has 1 heterocycles. The zero-order valence-electron chi connectivity index (χ0n) is 11.9. The fourth-order valence-electron chi connectivity index (χ4n) is 2.12. The van der Waals surface area contributed by atoms with E-state index in [0.717, 1.165) is 24.8 Å². The molecular weight excluding hydrogens is 222 g/mol. The first kappa shape index (κ1) is 13.3. The summed E-state index contributed by atoms with van der Waals surface area (Å²) < 4.78 is 0. The second-order valence-corrected chi connectivity index (χ2v) is 5.38. The van der Waals surface area contributed by atoms with E-state index < -0.39 is 0 Å². The molecule has 3 nitrogen and oxygen atoms in total. The van der Waals surface area contributed by atoms with Gasteiger partial charge in [-0.25, -0.2) is 0 Å². The number of aromatic nitrogens is 1. The first-order valence-corrected chi connectivity index (χ1v) is 7.10. The molecule has 0 bridgehead atoms. The quantitative estimate of drug-likeness (QED) is 0.803. The van der Waals surface area contributed by atoms with Crippen LogP contribution in [0.5, 0.6) is 0 Å². The predicted octanol–water partition coefficient (Wildman–Crippen LogP) is 2.88. The molecule has 1 aromatic heterocycles. The number of unbranched alkanes of at least 4 members (excludes halogenated alkanes) is 1. The SMILES string of the molecule is CCCCN(C)c1cc(C)ncc1CNC1CC1. The minimum atomic E-state index is 0.750. The molecule has 0 aromatic carbocycles. The smallest absolute Gasteiger partial charge is 0.0442 e. The Balaban J connectivity index is 2.05. The van der Waals surface area contributed by atoms with Crippen LogP contribution in [0.4, 0.5) is 5.69 Å². The Bertz CT molecular complexity index is 385. The summed E-state index contributed by atoms with van der Waals surface area (Å²) in [5, 5.41) is 3.58. The van der Waals surface area contributed by atoms with E-state index >= 15 is 0 Å². The summed E-state index contributed by atoms with van der Waals surface area (Å²) in [6.45, 7) is 6.37. The largest absolute Gasteiger partial charge is 0.374 e. The Morgan fingerprint density at radius 2 is 2.22 bits per heavy atom. The first-order chi connectivity index (χ1) is 8.70. The molecule has 0 amide bonds. The fourth-order valence-corrected chi connectivity index (χ4v) is 2.12. The molecule has 0 saturated heterocycles. The van der Waals surface area contributed by atoms with Crippen LogP contribution in [-0.2, 0) is 6.54 Å². The molecule has 0 unspecified atom stereocenters. The van der Waals surface area contributed by atoms with E-state index in [2.05, 4.69) is 42.2 Å². The van der Waals surface area contributed by atoms with Gasteiger partial charge in [-0.2, -0.15) is 0 Å². The Morgan fingerprint density at radius 3 is 2.89 bits per heavy atom. The summed E-state index contributed by atoms with van der Waals surface area (Å²) in [6.07, 6.45) is 7.18. The van der Waals surface area contributed by atoms with Gasteiger partial charge in [0.1, 0.15) is 0 Å². The highest BCUT2D eigenvalue weighted by atomic mass is 15.1. The van der Waals surface area contributed by atoms with Crippen LogP contribution in [0.1, 0.15) is 43.9 Å². The molecule has 0 radical (unpaired) electrons. The van der Waals surface area contributed by atoms with E-state index in [1.807, 2.05) is 6.20 Å². The average Bonchev–Trinajstić information content (AvgIpc) is 3.18. The van der Waals surface area contributed by atoms with E-state index in [1.165, 1.54) is 36.9 Å². The van der Waals surface area contributed by atoms with Gasteiger partial charge in [0, 0.05) is 49.3 Å². The van der Waals surface area contributed by atoms with Crippen LogP contribution in [0.25, 0.3) is 0 Å². The van der Waals surface area contributed by atoms with Gasteiger partial charge in [-0.3, -0.25) is 4.98 Å². The van der Waals surface area contributed by atoms with Crippen molar-refractivity contribution in [1.82, 2.24) is 10.3 Å². The topological polar surface area (TPSA) is 28.2 Å². The molecule has 100 valence electrons. The second kappa shape index (κ2) is 6.19.